The van der Waals surface area contributed by atoms with Crippen molar-refractivity contribution in [3.05, 3.63) is 27.5 Å². The molecule has 0 unspecified atom stereocenters. The highest BCUT2D eigenvalue weighted by Gasteiger charge is 2.16. The first-order chi connectivity index (χ1) is 5.81. The number of nitrogens with zero attached hydrogens (tertiary/aromatic N) is 1. The first-order valence-electron chi connectivity index (χ1n) is 4.09. The van der Waals surface area contributed by atoms with Crippen LogP contribution in [0.3, 0.4) is 0 Å². The molecule has 1 aliphatic rings. The van der Waals surface area contributed by atoms with Crippen molar-refractivity contribution in [1.82, 2.24) is 4.98 Å². The van der Waals surface area contributed by atoms with E-state index in [1.54, 1.807) is 0 Å². The van der Waals surface area contributed by atoms with Gasteiger partial charge in [0, 0.05) is 5.69 Å². The van der Waals surface area contributed by atoms with E-state index in [4.69, 9.17) is 5.11 Å². The smallest absolute Gasteiger partial charge is 0.106 e. The van der Waals surface area contributed by atoms with Gasteiger partial charge in [-0.2, -0.15) is 0 Å². The van der Waals surface area contributed by atoms with Gasteiger partial charge in [-0.3, -0.25) is 0 Å². The van der Waals surface area contributed by atoms with Gasteiger partial charge in [0.05, 0.1) is 6.61 Å². The van der Waals surface area contributed by atoms with Gasteiger partial charge in [0.2, 0.25) is 0 Å². The van der Waals surface area contributed by atoms with Crippen LogP contribution in [-0.2, 0) is 19.4 Å². The van der Waals surface area contributed by atoms with Gasteiger partial charge in [0.25, 0.3) is 0 Å². The zero-order chi connectivity index (χ0) is 8.55. The number of aliphatic hydroxyl groups is 1. The van der Waals surface area contributed by atoms with Gasteiger partial charge >= 0.3 is 0 Å². The molecule has 0 saturated carbocycles. The van der Waals surface area contributed by atoms with E-state index in [0.717, 1.165) is 28.7 Å². The predicted octanol–water partition coefficient (Wildman–Crippen LogP) is 1.83. The van der Waals surface area contributed by atoms with Crippen molar-refractivity contribution in [1.29, 1.82) is 0 Å². The molecule has 0 aromatic carbocycles. The van der Waals surface area contributed by atoms with Crippen LogP contribution in [0.5, 0.6) is 0 Å². The summed E-state index contributed by atoms with van der Waals surface area (Å²) in [6.07, 6.45) is 3.30. The SMILES string of the molecule is OCc1cc(Br)nc2c1CCC2. The van der Waals surface area contributed by atoms with Gasteiger partial charge in [-0.1, -0.05) is 0 Å². The molecule has 0 saturated heterocycles. The Morgan fingerprint density at radius 3 is 3.08 bits per heavy atom. The third-order valence-electron chi connectivity index (χ3n) is 2.28. The van der Waals surface area contributed by atoms with Gasteiger partial charge < -0.3 is 5.11 Å². The Balaban J connectivity index is 2.55. The topological polar surface area (TPSA) is 33.1 Å². The second kappa shape index (κ2) is 3.15. The zero-order valence-corrected chi connectivity index (χ0v) is 8.26. The summed E-state index contributed by atoms with van der Waals surface area (Å²) in [7, 11) is 0. The number of rotatable bonds is 1. The molecule has 2 nitrogen and oxygen atoms in total. The summed E-state index contributed by atoms with van der Waals surface area (Å²) in [5.41, 5.74) is 3.46. The minimum Gasteiger partial charge on any atom is -0.392 e. The van der Waals surface area contributed by atoms with Crippen LogP contribution in [0.2, 0.25) is 0 Å². The average Bonchev–Trinajstić information content (AvgIpc) is 2.50. The van der Waals surface area contributed by atoms with Gasteiger partial charge in [-0.05, 0) is 52.4 Å². The van der Waals surface area contributed by atoms with Crippen LogP contribution < -0.4 is 0 Å². The van der Waals surface area contributed by atoms with E-state index in [2.05, 4.69) is 20.9 Å². The summed E-state index contributed by atoms with van der Waals surface area (Å²) < 4.78 is 0.840. The van der Waals surface area contributed by atoms with Crippen LogP contribution in [0.4, 0.5) is 0 Å². The molecule has 2 rings (SSSR count). The molecule has 1 heterocycles. The summed E-state index contributed by atoms with van der Waals surface area (Å²) in [6.45, 7) is 0.128. The minimum absolute atomic E-state index is 0.128. The number of halogens is 1. The van der Waals surface area contributed by atoms with E-state index < -0.39 is 0 Å². The maximum absolute atomic E-state index is 9.08. The lowest BCUT2D eigenvalue weighted by molar-refractivity contribution is 0.280. The lowest BCUT2D eigenvalue weighted by atomic mass is 10.1. The molecule has 3 heteroatoms. The lowest BCUT2D eigenvalue weighted by Crippen LogP contribution is -1.96. The molecule has 12 heavy (non-hydrogen) atoms. The summed E-state index contributed by atoms with van der Waals surface area (Å²) in [5.74, 6) is 0. The fourth-order valence-electron chi connectivity index (χ4n) is 1.73. The van der Waals surface area contributed by atoms with Crippen molar-refractivity contribution in [2.75, 3.05) is 0 Å². The van der Waals surface area contributed by atoms with Crippen molar-refractivity contribution in [3.63, 3.8) is 0 Å². The zero-order valence-electron chi connectivity index (χ0n) is 6.68. The summed E-state index contributed by atoms with van der Waals surface area (Å²) in [6, 6.07) is 1.91. The molecule has 0 fully saturated rings. The minimum atomic E-state index is 0.128. The first-order valence-corrected chi connectivity index (χ1v) is 4.88. The van der Waals surface area contributed by atoms with Crippen LogP contribution >= 0.6 is 15.9 Å². The van der Waals surface area contributed by atoms with Crippen molar-refractivity contribution in [2.24, 2.45) is 0 Å². The Morgan fingerprint density at radius 1 is 1.50 bits per heavy atom. The third kappa shape index (κ3) is 1.27. The molecule has 0 amide bonds. The number of fused-ring (bicyclic) bond motifs is 1. The molecule has 0 atom stereocenters. The average molecular weight is 228 g/mol. The third-order valence-corrected chi connectivity index (χ3v) is 2.69. The highest BCUT2D eigenvalue weighted by Crippen LogP contribution is 2.26. The van der Waals surface area contributed by atoms with Gasteiger partial charge in [-0.25, -0.2) is 4.98 Å². The summed E-state index contributed by atoms with van der Waals surface area (Å²) in [5, 5.41) is 9.08. The normalized spacial score (nSPS) is 14.8. The van der Waals surface area contributed by atoms with Crippen LogP contribution in [0.15, 0.2) is 10.7 Å². The van der Waals surface area contributed by atoms with E-state index in [9.17, 15) is 0 Å². The van der Waals surface area contributed by atoms with E-state index >= 15 is 0 Å². The molecule has 0 aliphatic heterocycles. The predicted molar refractivity (Wildman–Crippen MR) is 49.9 cm³/mol. The highest BCUT2D eigenvalue weighted by atomic mass is 79.9. The van der Waals surface area contributed by atoms with Crippen LogP contribution in [-0.4, -0.2) is 10.1 Å². The van der Waals surface area contributed by atoms with Crippen molar-refractivity contribution >= 4 is 15.9 Å². The highest BCUT2D eigenvalue weighted by molar-refractivity contribution is 9.10. The van der Waals surface area contributed by atoms with Gasteiger partial charge in [-0.15, -0.1) is 0 Å². The molecule has 1 N–H and O–H groups in total. The fraction of sp³-hybridized carbons (Fsp3) is 0.444. The Hall–Kier alpha value is -0.410. The fourth-order valence-corrected chi connectivity index (χ4v) is 2.22. The summed E-state index contributed by atoms with van der Waals surface area (Å²) in [4.78, 5) is 4.37. The Morgan fingerprint density at radius 2 is 2.33 bits per heavy atom. The molecule has 0 spiro atoms. The number of aryl methyl sites for hydroxylation is 1. The lowest BCUT2D eigenvalue weighted by Gasteiger charge is -2.05. The van der Waals surface area contributed by atoms with Crippen molar-refractivity contribution < 1.29 is 5.11 Å². The number of hydrogen-bond donors (Lipinski definition) is 1. The summed E-state index contributed by atoms with van der Waals surface area (Å²) >= 11 is 3.33. The Kier molecular flexibility index (Phi) is 2.15. The molecule has 1 aromatic heterocycles. The van der Waals surface area contributed by atoms with E-state index in [1.807, 2.05) is 6.07 Å². The van der Waals surface area contributed by atoms with E-state index in [0.29, 0.717) is 0 Å². The van der Waals surface area contributed by atoms with Crippen LogP contribution in [0.25, 0.3) is 0 Å². The van der Waals surface area contributed by atoms with Gasteiger partial charge in [0.15, 0.2) is 0 Å². The van der Waals surface area contributed by atoms with Gasteiger partial charge in [0.1, 0.15) is 4.60 Å². The maximum atomic E-state index is 9.08. The molecular weight excluding hydrogens is 218 g/mol. The van der Waals surface area contributed by atoms with Crippen LogP contribution in [0.1, 0.15) is 23.2 Å². The van der Waals surface area contributed by atoms with E-state index in [1.165, 1.54) is 12.0 Å². The monoisotopic (exact) mass is 227 g/mol. The van der Waals surface area contributed by atoms with Crippen molar-refractivity contribution in [3.8, 4) is 0 Å². The number of pyridine rings is 1. The van der Waals surface area contributed by atoms with Crippen LogP contribution in [0, 0.1) is 0 Å². The molecule has 1 aromatic rings. The second-order valence-electron chi connectivity index (χ2n) is 3.04. The van der Waals surface area contributed by atoms with Crippen molar-refractivity contribution in [2.45, 2.75) is 25.9 Å². The largest absolute Gasteiger partial charge is 0.392 e. The molecule has 1 aliphatic carbocycles. The number of hydrogen-bond acceptors (Lipinski definition) is 2. The molecular formula is C9H10BrNO. The molecule has 0 bridgehead atoms. The number of aliphatic hydroxyl groups excluding tert-OH is 1. The maximum Gasteiger partial charge on any atom is 0.106 e. The Labute approximate surface area is 79.8 Å². The molecule has 64 valence electrons. The standard InChI is InChI=1S/C9H10BrNO/c10-9-4-6(5-12)7-2-1-3-8(7)11-9/h4,12H,1-3,5H2. The van der Waals surface area contributed by atoms with E-state index in [-0.39, 0.29) is 6.61 Å². The Bertz CT molecular complexity index is 312. The quantitative estimate of drug-likeness (QED) is 0.744. The molecule has 0 radical (unpaired) electrons. The first kappa shape index (κ1) is 8.20. The second-order valence-corrected chi connectivity index (χ2v) is 3.85. The number of aromatic nitrogens is 1.